The van der Waals surface area contributed by atoms with Crippen LogP contribution in [-0.2, 0) is 4.79 Å². The second kappa shape index (κ2) is 4.98. The van der Waals surface area contributed by atoms with Gasteiger partial charge in [0.1, 0.15) is 6.07 Å². The Hall–Kier alpha value is -1.86. The number of hydrazone groups is 1. The molecule has 0 aliphatic heterocycles. The van der Waals surface area contributed by atoms with E-state index in [-0.39, 0.29) is 17.4 Å². The number of benzene rings is 1. The van der Waals surface area contributed by atoms with Crippen LogP contribution in [0.15, 0.2) is 29.4 Å². The largest absolute Gasteiger partial charge is 0.291 e. The molecule has 1 aromatic carbocycles. The van der Waals surface area contributed by atoms with E-state index in [2.05, 4.69) is 10.5 Å². The first-order valence-corrected chi connectivity index (χ1v) is 5.62. The van der Waals surface area contributed by atoms with Gasteiger partial charge in [-0.3, -0.25) is 10.2 Å². The van der Waals surface area contributed by atoms with E-state index < -0.39 is 0 Å². The van der Waals surface area contributed by atoms with Gasteiger partial charge in [0.05, 0.1) is 5.69 Å². The average Bonchev–Trinajstić information content (AvgIpc) is 3.16. The molecule has 1 aliphatic rings. The van der Waals surface area contributed by atoms with Gasteiger partial charge in [-0.25, -0.2) is 0 Å². The number of rotatable bonds is 4. The number of hydrogen-bond donors (Lipinski definition) is 1. The van der Waals surface area contributed by atoms with Gasteiger partial charge in [-0.05, 0) is 37.1 Å². The van der Waals surface area contributed by atoms with E-state index >= 15 is 0 Å². The maximum atomic E-state index is 11.6. The lowest BCUT2D eigenvalue weighted by molar-refractivity contribution is -0.113. The Morgan fingerprint density at radius 3 is 2.59 bits per heavy atom. The summed E-state index contributed by atoms with van der Waals surface area (Å²) in [5, 5.41) is 13.3. The van der Waals surface area contributed by atoms with E-state index in [4.69, 9.17) is 16.9 Å². The maximum absolute atomic E-state index is 11.6. The second-order valence-electron chi connectivity index (χ2n) is 3.83. The third-order valence-electron chi connectivity index (χ3n) is 2.43. The Labute approximate surface area is 104 Å². The Kier molecular flexibility index (Phi) is 3.40. The van der Waals surface area contributed by atoms with Crippen LogP contribution in [-0.4, -0.2) is 11.5 Å². The highest BCUT2D eigenvalue weighted by Crippen LogP contribution is 2.30. The van der Waals surface area contributed by atoms with Crippen molar-refractivity contribution < 1.29 is 4.79 Å². The van der Waals surface area contributed by atoms with Gasteiger partial charge in [0.2, 0.25) is 5.71 Å². The highest BCUT2D eigenvalue weighted by molar-refractivity contribution is 6.47. The summed E-state index contributed by atoms with van der Waals surface area (Å²) in [4.78, 5) is 11.6. The molecule has 5 heteroatoms. The molecule has 0 saturated heterocycles. The molecule has 1 aliphatic carbocycles. The molecule has 0 aromatic heterocycles. The van der Waals surface area contributed by atoms with Gasteiger partial charge in [-0.1, -0.05) is 11.6 Å². The van der Waals surface area contributed by atoms with Crippen molar-refractivity contribution in [2.24, 2.45) is 11.0 Å². The Morgan fingerprint density at radius 1 is 1.41 bits per heavy atom. The van der Waals surface area contributed by atoms with Gasteiger partial charge < -0.3 is 0 Å². The van der Waals surface area contributed by atoms with Crippen LogP contribution in [0.5, 0.6) is 0 Å². The van der Waals surface area contributed by atoms with E-state index in [0.717, 1.165) is 12.8 Å². The summed E-state index contributed by atoms with van der Waals surface area (Å²) in [7, 11) is 0. The minimum atomic E-state index is -0.172. The maximum Gasteiger partial charge on any atom is 0.203 e. The van der Waals surface area contributed by atoms with Crippen LogP contribution in [0.2, 0.25) is 5.02 Å². The number of Topliss-reactive ketones (excluding diaryl/α,β-unsaturated/α-hetero) is 1. The molecular formula is C12H10ClN3O. The predicted molar refractivity (Wildman–Crippen MR) is 65.9 cm³/mol. The van der Waals surface area contributed by atoms with Gasteiger partial charge in [0.25, 0.3) is 0 Å². The van der Waals surface area contributed by atoms with Crippen molar-refractivity contribution in [3.05, 3.63) is 29.3 Å². The van der Waals surface area contributed by atoms with Crippen molar-refractivity contribution in [2.75, 3.05) is 5.43 Å². The predicted octanol–water partition coefficient (Wildman–Crippen LogP) is 2.61. The van der Waals surface area contributed by atoms with E-state index in [0.29, 0.717) is 10.7 Å². The van der Waals surface area contributed by atoms with Crippen molar-refractivity contribution >= 4 is 28.8 Å². The van der Waals surface area contributed by atoms with Crippen LogP contribution in [0.4, 0.5) is 5.69 Å². The first-order chi connectivity index (χ1) is 8.20. The Balaban J connectivity index is 2.05. The summed E-state index contributed by atoms with van der Waals surface area (Å²) in [6, 6.07) is 8.67. The first-order valence-electron chi connectivity index (χ1n) is 5.24. The van der Waals surface area contributed by atoms with E-state index in [1.165, 1.54) is 0 Å². The molecule has 2 rings (SSSR count). The number of anilines is 1. The average molecular weight is 248 g/mol. The first kappa shape index (κ1) is 11.6. The summed E-state index contributed by atoms with van der Waals surface area (Å²) < 4.78 is 0. The molecule has 1 fully saturated rings. The fourth-order valence-electron chi connectivity index (χ4n) is 1.32. The zero-order valence-corrected chi connectivity index (χ0v) is 9.74. The summed E-state index contributed by atoms with van der Waals surface area (Å²) in [6.45, 7) is 0. The highest BCUT2D eigenvalue weighted by atomic mass is 35.5. The topological polar surface area (TPSA) is 65.2 Å². The summed E-state index contributed by atoms with van der Waals surface area (Å²) in [5.41, 5.74) is 3.29. The molecule has 0 amide bonds. The summed E-state index contributed by atoms with van der Waals surface area (Å²) in [6.07, 6.45) is 1.72. The molecule has 0 unspecified atom stereocenters. The molecule has 86 valence electrons. The number of carbonyl (C=O) groups excluding carboxylic acids is 1. The van der Waals surface area contributed by atoms with Crippen molar-refractivity contribution in [3.8, 4) is 6.07 Å². The molecule has 4 nitrogen and oxygen atoms in total. The van der Waals surface area contributed by atoms with E-state index in [1.54, 1.807) is 24.3 Å². The Morgan fingerprint density at radius 2 is 2.06 bits per heavy atom. The molecule has 0 spiro atoms. The number of nitrogens with one attached hydrogen (secondary N) is 1. The number of nitrogens with zero attached hydrogens (tertiary/aromatic N) is 2. The molecule has 1 aromatic rings. The SMILES string of the molecule is N#C/C(=N/Nc1ccc(Cl)cc1)C(=O)C1CC1. The van der Waals surface area contributed by atoms with Crippen LogP contribution >= 0.6 is 11.6 Å². The lowest BCUT2D eigenvalue weighted by Gasteiger charge is -2.00. The third-order valence-corrected chi connectivity index (χ3v) is 2.68. The van der Waals surface area contributed by atoms with Gasteiger partial charge in [0.15, 0.2) is 5.78 Å². The molecule has 0 atom stereocenters. The van der Waals surface area contributed by atoms with Crippen LogP contribution in [0.25, 0.3) is 0 Å². The number of ketones is 1. The molecule has 0 heterocycles. The van der Waals surface area contributed by atoms with Gasteiger partial charge in [-0.2, -0.15) is 10.4 Å². The summed E-state index contributed by atoms with van der Waals surface area (Å²) in [5.74, 6) is -0.172. The highest BCUT2D eigenvalue weighted by Gasteiger charge is 2.32. The van der Waals surface area contributed by atoms with Crippen LogP contribution < -0.4 is 5.43 Å². The smallest absolute Gasteiger partial charge is 0.203 e. The zero-order valence-electron chi connectivity index (χ0n) is 8.98. The fraction of sp³-hybridized carbons (Fsp3) is 0.250. The zero-order chi connectivity index (χ0) is 12.3. The van der Waals surface area contributed by atoms with Gasteiger partial charge in [-0.15, -0.1) is 0 Å². The van der Waals surface area contributed by atoms with E-state index in [9.17, 15) is 4.79 Å². The lowest BCUT2D eigenvalue weighted by Crippen LogP contribution is -2.15. The standard InChI is InChI=1S/C12H10ClN3O/c13-9-3-5-10(6-4-9)15-16-11(7-14)12(17)8-1-2-8/h3-6,8,15H,1-2H2/b16-11-. The third kappa shape index (κ3) is 3.05. The number of nitriles is 1. The second-order valence-corrected chi connectivity index (χ2v) is 4.27. The van der Waals surface area contributed by atoms with Crippen molar-refractivity contribution in [1.29, 1.82) is 5.26 Å². The summed E-state index contributed by atoms with van der Waals surface area (Å²) >= 11 is 5.73. The van der Waals surface area contributed by atoms with Crippen LogP contribution in [0, 0.1) is 17.2 Å². The van der Waals surface area contributed by atoms with Crippen molar-refractivity contribution in [2.45, 2.75) is 12.8 Å². The number of hydrogen-bond acceptors (Lipinski definition) is 4. The molecule has 0 bridgehead atoms. The minimum absolute atomic E-state index is 0.000387. The van der Waals surface area contributed by atoms with Crippen LogP contribution in [0.1, 0.15) is 12.8 Å². The monoisotopic (exact) mass is 247 g/mol. The molecule has 17 heavy (non-hydrogen) atoms. The van der Waals surface area contributed by atoms with Crippen LogP contribution in [0.3, 0.4) is 0 Å². The quantitative estimate of drug-likeness (QED) is 0.657. The molecule has 1 saturated carbocycles. The van der Waals surface area contributed by atoms with Crippen molar-refractivity contribution in [3.63, 3.8) is 0 Å². The number of halogens is 1. The van der Waals surface area contributed by atoms with E-state index in [1.807, 2.05) is 6.07 Å². The Bertz CT molecular complexity index is 497. The molecule has 0 radical (unpaired) electrons. The fourth-order valence-corrected chi connectivity index (χ4v) is 1.44. The van der Waals surface area contributed by atoms with Gasteiger partial charge in [0, 0.05) is 10.9 Å². The van der Waals surface area contributed by atoms with Crippen molar-refractivity contribution in [1.82, 2.24) is 0 Å². The minimum Gasteiger partial charge on any atom is -0.291 e. The molecular weight excluding hydrogens is 238 g/mol. The lowest BCUT2D eigenvalue weighted by atomic mass is 10.2. The number of carbonyl (C=O) groups is 1. The molecule has 1 N–H and O–H groups in total. The normalized spacial score (nSPS) is 15.2. The van der Waals surface area contributed by atoms with Gasteiger partial charge >= 0.3 is 0 Å².